The van der Waals surface area contributed by atoms with E-state index >= 15 is 0 Å². The summed E-state index contributed by atoms with van der Waals surface area (Å²) in [6, 6.07) is 6.42. The number of ether oxygens (including phenoxy) is 1. The lowest BCUT2D eigenvalue weighted by atomic mass is 10.2. The molecule has 0 saturated heterocycles. The summed E-state index contributed by atoms with van der Waals surface area (Å²) in [4.78, 5) is 10.5. The quantitative estimate of drug-likeness (QED) is 0.683. The van der Waals surface area contributed by atoms with Crippen LogP contribution < -0.4 is 4.74 Å². The predicted molar refractivity (Wildman–Crippen MR) is 42.6 cm³/mol. The Morgan fingerprint density at radius 1 is 1.42 bits per heavy atom. The summed E-state index contributed by atoms with van der Waals surface area (Å²) in [6.07, 6.45) is 0. The molecule has 1 aromatic rings. The summed E-state index contributed by atoms with van der Waals surface area (Å²) in [5, 5.41) is 10.5. The van der Waals surface area contributed by atoms with E-state index in [0.717, 1.165) is 0 Å². The first-order valence-corrected chi connectivity index (χ1v) is 3.69. The van der Waals surface area contributed by atoms with Crippen LogP contribution in [0.2, 0.25) is 0 Å². The van der Waals surface area contributed by atoms with E-state index in [1.807, 2.05) is 0 Å². The molecule has 3 heteroatoms. The Morgan fingerprint density at radius 2 is 2.08 bits per heavy atom. The minimum Gasteiger partial charge on any atom is -0.493 e. The molecule has 0 aliphatic carbocycles. The third-order valence-electron chi connectivity index (χ3n) is 1.41. The molecule has 0 aromatic heterocycles. The fourth-order valence-corrected chi connectivity index (χ4v) is 0.917. The Morgan fingerprint density at radius 3 is 2.67 bits per heavy atom. The third kappa shape index (κ3) is 1.75. The number of carbonyl (C=O) groups is 1. The van der Waals surface area contributed by atoms with Gasteiger partial charge in [0.25, 0.3) is 0 Å². The largest absolute Gasteiger partial charge is 0.493 e. The number of rotatable bonds is 3. The van der Waals surface area contributed by atoms with Gasteiger partial charge >= 0.3 is 5.97 Å². The fourth-order valence-electron chi connectivity index (χ4n) is 0.917. The molecule has 0 unspecified atom stereocenters. The molecule has 0 bridgehead atoms. The highest BCUT2D eigenvalue weighted by Gasteiger charge is 2.10. The minimum absolute atomic E-state index is 0.0966. The Bertz CT molecular complexity index is 281. The van der Waals surface area contributed by atoms with Crippen LogP contribution in [0.4, 0.5) is 0 Å². The minimum atomic E-state index is -1.21. The van der Waals surface area contributed by atoms with Crippen LogP contribution in [0.1, 0.15) is 17.3 Å². The molecule has 0 aliphatic heterocycles. The zero-order chi connectivity index (χ0) is 8.97. The van der Waals surface area contributed by atoms with E-state index in [9.17, 15) is 9.90 Å². The van der Waals surface area contributed by atoms with Crippen molar-refractivity contribution in [3.63, 3.8) is 0 Å². The average Bonchev–Trinajstić information content (AvgIpc) is 2.05. The zero-order valence-electron chi connectivity index (χ0n) is 6.74. The van der Waals surface area contributed by atoms with Gasteiger partial charge in [-0.05, 0) is 19.1 Å². The topological polar surface area (TPSA) is 46.2 Å². The van der Waals surface area contributed by atoms with E-state index in [1.54, 1.807) is 25.1 Å². The number of benzene rings is 1. The van der Waals surface area contributed by atoms with Crippen LogP contribution in [0.15, 0.2) is 24.3 Å². The smallest absolute Gasteiger partial charge is 0.390 e. The number of hydrogen-bond donors (Lipinski definition) is 0. The van der Waals surface area contributed by atoms with Crippen molar-refractivity contribution in [3.05, 3.63) is 29.8 Å². The third-order valence-corrected chi connectivity index (χ3v) is 1.41. The first kappa shape index (κ1) is 8.59. The highest BCUT2D eigenvalue weighted by molar-refractivity contribution is 5.90. The summed E-state index contributed by atoms with van der Waals surface area (Å²) in [7, 11) is 0. The molecule has 1 aromatic carbocycles. The summed E-state index contributed by atoms with van der Waals surface area (Å²) < 4.78 is 5.08. The molecule has 12 heavy (non-hydrogen) atoms. The second-order valence-electron chi connectivity index (χ2n) is 2.22. The van der Waals surface area contributed by atoms with Crippen molar-refractivity contribution in [2.45, 2.75) is 6.92 Å². The van der Waals surface area contributed by atoms with Crippen LogP contribution in [0.25, 0.3) is 0 Å². The molecule has 1 radical (unpaired) electrons. The lowest BCUT2D eigenvalue weighted by Gasteiger charge is -2.04. The lowest BCUT2D eigenvalue weighted by molar-refractivity contribution is 0.0569. The molecule has 0 amide bonds. The van der Waals surface area contributed by atoms with Gasteiger partial charge in [-0.15, -0.1) is 0 Å². The van der Waals surface area contributed by atoms with Crippen LogP contribution in [0.3, 0.4) is 0 Å². The van der Waals surface area contributed by atoms with Crippen molar-refractivity contribution in [3.8, 4) is 5.75 Å². The van der Waals surface area contributed by atoms with Crippen LogP contribution in [-0.4, -0.2) is 12.6 Å². The molecule has 0 spiro atoms. The molecule has 0 heterocycles. The molecule has 0 saturated carbocycles. The van der Waals surface area contributed by atoms with Gasteiger partial charge in [-0.3, -0.25) is 0 Å². The van der Waals surface area contributed by atoms with Crippen LogP contribution in [0, 0.1) is 0 Å². The Kier molecular flexibility index (Phi) is 2.69. The van der Waals surface area contributed by atoms with Gasteiger partial charge in [-0.1, -0.05) is 12.1 Å². The van der Waals surface area contributed by atoms with Crippen LogP contribution in [0.5, 0.6) is 5.75 Å². The molecule has 0 atom stereocenters. The molecule has 0 fully saturated rings. The maximum absolute atomic E-state index is 10.5. The summed E-state index contributed by atoms with van der Waals surface area (Å²) in [5.41, 5.74) is 0.0966. The normalized spacial score (nSPS) is 9.42. The van der Waals surface area contributed by atoms with E-state index in [0.29, 0.717) is 12.4 Å². The first-order valence-electron chi connectivity index (χ1n) is 3.69. The summed E-state index contributed by atoms with van der Waals surface area (Å²) >= 11 is 0. The van der Waals surface area contributed by atoms with Crippen molar-refractivity contribution in [1.82, 2.24) is 0 Å². The Hall–Kier alpha value is -1.51. The van der Waals surface area contributed by atoms with Gasteiger partial charge in [0.2, 0.25) is 0 Å². The van der Waals surface area contributed by atoms with E-state index < -0.39 is 5.97 Å². The summed E-state index contributed by atoms with van der Waals surface area (Å²) in [6.45, 7) is 2.25. The van der Waals surface area contributed by atoms with Crippen molar-refractivity contribution in [1.29, 1.82) is 0 Å². The van der Waals surface area contributed by atoms with Gasteiger partial charge in [0.15, 0.2) is 0 Å². The van der Waals surface area contributed by atoms with Gasteiger partial charge < -0.3 is 4.74 Å². The molecular formula is C9H9O3. The standard InChI is InChI=1S/C9H9O3/c1-2-12-8-6-4-3-5-7(8)9(10)11/h3-6H,2H2,1H3. The van der Waals surface area contributed by atoms with Crippen LogP contribution in [-0.2, 0) is 5.11 Å². The number of carbonyl (C=O) groups excluding carboxylic acids is 1. The molecule has 1 rings (SSSR count). The number of para-hydroxylation sites is 1. The van der Waals surface area contributed by atoms with E-state index in [-0.39, 0.29) is 5.56 Å². The monoisotopic (exact) mass is 165 g/mol. The Labute approximate surface area is 70.6 Å². The van der Waals surface area contributed by atoms with Gasteiger partial charge in [-0.2, -0.15) is 0 Å². The Balaban J connectivity index is 3.00. The molecule has 0 aliphatic rings. The first-order chi connectivity index (χ1) is 5.75. The van der Waals surface area contributed by atoms with Gasteiger partial charge in [0.1, 0.15) is 11.3 Å². The fraction of sp³-hybridized carbons (Fsp3) is 0.222. The number of hydrogen-bond acceptors (Lipinski definition) is 2. The van der Waals surface area contributed by atoms with Gasteiger partial charge in [0, 0.05) is 0 Å². The van der Waals surface area contributed by atoms with E-state index in [2.05, 4.69) is 0 Å². The zero-order valence-corrected chi connectivity index (χ0v) is 6.74. The molecule has 0 N–H and O–H groups in total. The lowest BCUT2D eigenvalue weighted by Crippen LogP contribution is -2.00. The van der Waals surface area contributed by atoms with Crippen molar-refractivity contribution in [2.24, 2.45) is 0 Å². The maximum atomic E-state index is 10.5. The maximum Gasteiger partial charge on any atom is 0.390 e. The van der Waals surface area contributed by atoms with Gasteiger partial charge in [-0.25, -0.2) is 9.90 Å². The van der Waals surface area contributed by atoms with Crippen LogP contribution >= 0.6 is 0 Å². The highest BCUT2D eigenvalue weighted by atomic mass is 16.5. The van der Waals surface area contributed by atoms with Crippen molar-refractivity contribution >= 4 is 5.97 Å². The van der Waals surface area contributed by atoms with E-state index in [1.165, 1.54) is 6.07 Å². The molecule has 3 nitrogen and oxygen atoms in total. The van der Waals surface area contributed by atoms with Crippen molar-refractivity contribution < 1.29 is 14.6 Å². The van der Waals surface area contributed by atoms with Crippen molar-refractivity contribution in [2.75, 3.05) is 6.61 Å². The predicted octanol–water partition coefficient (Wildman–Crippen LogP) is 1.66. The second kappa shape index (κ2) is 3.76. The summed E-state index contributed by atoms with van der Waals surface area (Å²) in [5.74, 6) is -0.848. The second-order valence-corrected chi connectivity index (χ2v) is 2.22. The van der Waals surface area contributed by atoms with E-state index in [4.69, 9.17) is 4.74 Å². The SMILES string of the molecule is CCOc1ccccc1C([O])=O. The molecule has 63 valence electrons. The molecular weight excluding hydrogens is 156 g/mol. The van der Waals surface area contributed by atoms with Gasteiger partial charge in [0.05, 0.1) is 6.61 Å². The highest BCUT2D eigenvalue weighted by Crippen LogP contribution is 2.17. The average molecular weight is 165 g/mol.